The number of hydrazine groups is 1. The molecule has 7 nitrogen and oxygen atoms in total. The summed E-state index contributed by atoms with van der Waals surface area (Å²) in [6.07, 6.45) is 1.58. The number of anilines is 1. The first kappa shape index (κ1) is 19.3. The van der Waals surface area contributed by atoms with E-state index in [1.807, 2.05) is 37.3 Å². The van der Waals surface area contributed by atoms with Crippen LogP contribution in [0.15, 0.2) is 35.7 Å². The van der Waals surface area contributed by atoms with Gasteiger partial charge < -0.3 is 9.64 Å². The third kappa shape index (κ3) is 5.05. The lowest BCUT2D eigenvalue weighted by Gasteiger charge is -2.25. The Bertz CT molecular complexity index is 759. The zero-order chi connectivity index (χ0) is 19.1. The number of hydrogen-bond donors (Lipinski definition) is 2. The third-order valence-corrected chi connectivity index (χ3v) is 5.30. The highest BCUT2D eigenvalue weighted by atomic mass is 32.1. The fourth-order valence-corrected chi connectivity index (χ4v) is 3.82. The van der Waals surface area contributed by atoms with Crippen molar-refractivity contribution in [2.45, 2.75) is 25.7 Å². The Morgan fingerprint density at radius 1 is 1.22 bits per heavy atom. The van der Waals surface area contributed by atoms with Gasteiger partial charge in [-0.1, -0.05) is 43.7 Å². The van der Waals surface area contributed by atoms with Gasteiger partial charge in [0.2, 0.25) is 5.91 Å². The normalized spacial score (nSPS) is 15.2. The van der Waals surface area contributed by atoms with Crippen molar-refractivity contribution < 1.29 is 14.3 Å². The second-order valence-corrected chi connectivity index (χ2v) is 7.15. The molecule has 27 heavy (non-hydrogen) atoms. The second kappa shape index (κ2) is 9.48. The van der Waals surface area contributed by atoms with E-state index in [-0.39, 0.29) is 11.8 Å². The van der Waals surface area contributed by atoms with Crippen molar-refractivity contribution in [3.63, 3.8) is 0 Å². The van der Waals surface area contributed by atoms with Gasteiger partial charge in [0, 0.05) is 18.5 Å². The van der Waals surface area contributed by atoms with Gasteiger partial charge in [-0.15, -0.1) is 11.3 Å². The van der Waals surface area contributed by atoms with Crippen molar-refractivity contribution in [2.75, 3.05) is 31.2 Å². The molecule has 1 aliphatic heterocycles. The number of aromatic nitrogens is 1. The molecule has 1 atom stereocenters. The number of amides is 2. The van der Waals surface area contributed by atoms with Crippen LogP contribution in [0.25, 0.3) is 0 Å². The molecule has 0 saturated carbocycles. The predicted octanol–water partition coefficient (Wildman–Crippen LogP) is 2.32. The van der Waals surface area contributed by atoms with Crippen molar-refractivity contribution in [3.8, 4) is 0 Å². The Kier molecular flexibility index (Phi) is 6.78. The minimum absolute atomic E-state index is 0.222. The fraction of sp³-hybridized carbons (Fsp3) is 0.421. The molecule has 2 N–H and O–H groups in total. The van der Waals surface area contributed by atoms with Crippen molar-refractivity contribution in [2.24, 2.45) is 0 Å². The molecule has 0 spiro atoms. The van der Waals surface area contributed by atoms with Crippen LogP contribution in [0.3, 0.4) is 0 Å². The Morgan fingerprint density at radius 3 is 2.67 bits per heavy atom. The Hall–Kier alpha value is -2.45. The highest BCUT2D eigenvalue weighted by molar-refractivity contribution is 7.13. The first-order valence-electron chi connectivity index (χ1n) is 9.12. The number of rotatable bonds is 6. The van der Waals surface area contributed by atoms with Crippen molar-refractivity contribution >= 4 is 28.3 Å². The lowest BCUT2D eigenvalue weighted by Crippen LogP contribution is -2.44. The maximum Gasteiger partial charge on any atom is 0.289 e. The van der Waals surface area contributed by atoms with Gasteiger partial charge >= 0.3 is 0 Å². The van der Waals surface area contributed by atoms with Crippen LogP contribution in [0.1, 0.15) is 41.7 Å². The van der Waals surface area contributed by atoms with Crippen LogP contribution in [0, 0.1) is 0 Å². The van der Waals surface area contributed by atoms with Gasteiger partial charge in [0.25, 0.3) is 5.91 Å². The number of carbonyl (C=O) groups excluding carboxylic acids is 2. The maximum atomic E-state index is 12.6. The molecule has 144 valence electrons. The van der Waals surface area contributed by atoms with Gasteiger partial charge in [0.05, 0.1) is 19.1 Å². The summed E-state index contributed by atoms with van der Waals surface area (Å²) in [7, 11) is 0. The fourth-order valence-electron chi connectivity index (χ4n) is 2.96. The zero-order valence-corrected chi connectivity index (χ0v) is 16.1. The van der Waals surface area contributed by atoms with Crippen LogP contribution in [-0.2, 0) is 9.53 Å². The number of morpholine rings is 1. The van der Waals surface area contributed by atoms with E-state index in [1.54, 1.807) is 5.38 Å². The molecule has 0 bridgehead atoms. The smallest absolute Gasteiger partial charge is 0.289 e. The standard InChI is InChI=1S/C19H24N4O3S/c1-2-6-15(14-7-4-3-5-8-14)17(24)21-22-18(25)16-13-27-19(20-16)23-9-11-26-12-10-23/h3-5,7-8,13,15H,2,6,9-12H2,1H3,(H,21,24)(H,22,25)/t15-/m0/s1. The molecule has 2 aromatic rings. The Labute approximate surface area is 162 Å². The van der Waals surface area contributed by atoms with E-state index in [0.29, 0.717) is 25.3 Å². The van der Waals surface area contributed by atoms with Gasteiger partial charge in [-0.2, -0.15) is 0 Å². The van der Waals surface area contributed by atoms with Gasteiger partial charge in [-0.05, 0) is 12.0 Å². The SMILES string of the molecule is CCC[C@H](C(=O)NNC(=O)c1csc(N2CCOCC2)n1)c1ccccc1. The van der Waals surface area contributed by atoms with Crippen LogP contribution in [0.5, 0.6) is 0 Å². The highest BCUT2D eigenvalue weighted by Gasteiger charge is 2.21. The molecule has 8 heteroatoms. The number of nitrogens with one attached hydrogen (secondary N) is 2. The molecule has 1 aromatic carbocycles. The summed E-state index contributed by atoms with van der Waals surface area (Å²) >= 11 is 1.42. The maximum absolute atomic E-state index is 12.6. The molecule has 2 heterocycles. The van der Waals surface area contributed by atoms with Crippen molar-refractivity contribution in [3.05, 3.63) is 47.0 Å². The topological polar surface area (TPSA) is 83.6 Å². The number of hydrogen-bond acceptors (Lipinski definition) is 6. The molecule has 3 rings (SSSR count). The molecule has 0 radical (unpaired) electrons. The van der Waals surface area contributed by atoms with Crippen molar-refractivity contribution in [1.82, 2.24) is 15.8 Å². The molecule has 1 fully saturated rings. The monoisotopic (exact) mass is 388 g/mol. The quantitative estimate of drug-likeness (QED) is 0.742. The van der Waals surface area contributed by atoms with Gasteiger partial charge in [-0.3, -0.25) is 20.4 Å². The molecule has 0 unspecified atom stereocenters. The summed E-state index contributed by atoms with van der Waals surface area (Å²) < 4.78 is 5.33. The first-order chi connectivity index (χ1) is 13.2. The zero-order valence-electron chi connectivity index (χ0n) is 15.3. The summed E-state index contributed by atoms with van der Waals surface area (Å²) in [6.45, 7) is 4.89. The summed E-state index contributed by atoms with van der Waals surface area (Å²) in [6, 6.07) is 9.59. The molecule has 1 aliphatic rings. The number of nitrogens with zero attached hydrogens (tertiary/aromatic N) is 2. The summed E-state index contributed by atoms with van der Waals surface area (Å²) in [5.41, 5.74) is 6.27. The van der Waals surface area contributed by atoms with E-state index in [4.69, 9.17) is 4.74 Å². The molecular weight excluding hydrogens is 364 g/mol. The predicted molar refractivity (Wildman–Crippen MR) is 105 cm³/mol. The summed E-state index contributed by atoms with van der Waals surface area (Å²) in [5, 5.41) is 2.50. The van der Waals surface area contributed by atoms with E-state index in [2.05, 4.69) is 20.7 Å². The van der Waals surface area contributed by atoms with Crippen molar-refractivity contribution in [1.29, 1.82) is 0 Å². The minimum Gasteiger partial charge on any atom is -0.378 e. The first-order valence-corrected chi connectivity index (χ1v) is 10.0. The van der Waals surface area contributed by atoms with Gasteiger partial charge in [0.1, 0.15) is 5.69 Å². The number of carbonyl (C=O) groups is 2. The molecule has 2 amide bonds. The number of thiazole rings is 1. The lowest BCUT2D eigenvalue weighted by atomic mass is 9.94. The number of benzene rings is 1. The third-order valence-electron chi connectivity index (χ3n) is 4.40. The van der Waals surface area contributed by atoms with Crippen LogP contribution < -0.4 is 15.8 Å². The minimum atomic E-state index is -0.414. The average molecular weight is 388 g/mol. The van der Waals surface area contributed by atoms with E-state index < -0.39 is 5.91 Å². The van der Waals surface area contributed by atoms with E-state index in [9.17, 15) is 9.59 Å². The second-order valence-electron chi connectivity index (χ2n) is 6.31. The summed E-state index contributed by atoms with van der Waals surface area (Å²) in [4.78, 5) is 31.4. The van der Waals surface area contributed by atoms with Crippen LogP contribution >= 0.6 is 11.3 Å². The van der Waals surface area contributed by atoms with Crippen LogP contribution in [-0.4, -0.2) is 43.1 Å². The van der Waals surface area contributed by atoms with Crippen LogP contribution in [0.4, 0.5) is 5.13 Å². The largest absolute Gasteiger partial charge is 0.378 e. The van der Waals surface area contributed by atoms with E-state index in [0.717, 1.165) is 30.2 Å². The highest BCUT2D eigenvalue weighted by Crippen LogP contribution is 2.22. The lowest BCUT2D eigenvalue weighted by molar-refractivity contribution is -0.123. The van der Waals surface area contributed by atoms with E-state index >= 15 is 0 Å². The molecule has 0 aliphatic carbocycles. The van der Waals surface area contributed by atoms with Crippen LogP contribution in [0.2, 0.25) is 0 Å². The Balaban J connectivity index is 1.57. The van der Waals surface area contributed by atoms with Gasteiger partial charge in [-0.25, -0.2) is 4.98 Å². The molecule has 1 saturated heterocycles. The summed E-state index contributed by atoms with van der Waals surface area (Å²) in [5.74, 6) is -0.932. The molecule has 1 aromatic heterocycles. The van der Waals surface area contributed by atoms with E-state index in [1.165, 1.54) is 11.3 Å². The average Bonchev–Trinajstić information content (AvgIpc) is 3.22. The Morgan fingerprint density at radius 2 is 1.96 bits per heavy atom. The number of ether oxygens (including phenoxy) is 1. The van der Waals surface area contributed by atoms with Gasteiger partial charge in [0.15, 0.2) is 5.13 Å². The molecular formula is C19H24N4O3S.